The van der Waals surface area contributed by atoms with Crippen LogP contribution in [-0.2, 0) is 0 Å². The third-order valence-corrected chi connectivity index (χ3v) is 1.98. The van der Waals surface area contributed by atoms with Gasteiger partial charge < -0.3 is 10.6 Å². The smallest absolute Gasteiger partial charge is 0.0192 e. The molecule has 1 fully saturated rings. The summed E-state index contributed by atoms with van der Waals surface area (Å²) in [5.74, 6) is 0.844. The maximum Gasteiger partial charge on any atom is 0.0192 e. The fourth-order valence-electron chi connectivity index (χ4n) is 1.38. The fourth-order valence-corrected chi connectivity index (χ4v) is 1.38. The molecule has 0 bridgehead atoms. The highest BCUT2D eigenvalue weighted by atomic mass is 15.0. The molecule has 0 aliphatic carbocycles. The zero-order chi connectivity index (χ0) is 6.69. The summed E-state index contributed by atoms with van der Waals surface area (Å²) < 4.78 is 0. The molecule has 0 aromatic rings. The second kappa shape index (κ2) is 3.18. The van der Waals surface area contributed by atoms with Gasteiger partial charge in [0.15, 0.2) is 0 Å². The molecule has 2 heteroatoms. The van der Waals surface area contributed by atoms with E-state index in [0.29, 0.717) is 6.04 Å². The van der Waals surface area contributed by atoms with Crippen molar-refractivity contribution in [2.45, 2.75) is 19.4 Å². The van der Waals surface area contributed by atoms with Gasteiger partial charge in [-0.05, 0) is 25.9 Å². The van der Waals surface area contributed by atoms with Crippen LogP contribution in [0.25, 0.3) is 0 Å². The van der Waals surface area contributed by atoms with Crippen molar-refractivity contribution >= 4 is 0 Å². The molecule has 0 amide bonds. The van der Waals surface area contributed by atoms with Gasteiger partial charge >= 0.3 is 0 Å². The number of hydrogen-bond acceptors (Lipinski definition) is 2. The maximum absolute atomic E-state index is 3.37. The van der Waals surface area contributed by atoms with E-state index in [4.69, 9.17) is 0 Å². The summed E-state index contributed by atoms with van der Waals surface area (Å²) in [7, 11) is 2.03. The second-order valence-corrected chi connectivity index (χ2v) is 2.98. The molecule has 1 saturated heterocycles. The first-order valence-corrected chi connectivity index (χ1v) is 3.71. The highest BCUT2D eigenvalue weighted by molar-refractivity contribution is 4.77. The van der Waals surface area contributed by atoms with Gasteiger partial charge in [-0.2, -0.15) is 0 Å². The largest absolute Gasteiger partial charge is 0.316 e. The van der Waals surface area contributed by atoms with Crippen LogP contribution in [0.4, 0.5) is 0 Å². The highest BCUT2D eigenvalue weighted by Crippen LogP contribution is 2.07. The second-order valence-electron chi connectivity index (χ2n) is 2.98. The lowest BCUT2D eigenvalue weighted by Gasteiger charge is -2.27. The van der Waals surface area contributed by atoms with Crippen molar-refractivity contribution in [2.24, 2.45) is 5.92 Å². The Morgan fingerprint density at radius 1 is 1.44 bits per heavy atom. The van der Waals surface area contributed by atoms with Crippen LogP contribution < -0.4 is 10.6 Å². The van der Waals surface area contributed by atoms with Gasteiger partial charge in [-0.25, -0.2) is 0 Å². The van der Waals surface area contributed by atoms with Crippen molar-refractivity contribution in [3.63, 3.8) is 0 Å². The zero-order valence-corrected chi connectivity index (χ0v) is 6.28. The van der Waals surface area contributed by atoms with Gasteiger partial charge in [-0.15, -0.1) is 0 Å². The molecular weight excluding hydrogens is 112 g/mol. The Labute approximate surface area is 57.0 Å². The van der Waals surface area contributed by atoms with Crippen molar-refractivity contribution in [3.05, 3.63) is 0 Å². The number of nitrogens with one attached hydrogen (secondary N) is 2. The minimum Gasteiger partial charge on any atom is -0.316 e. The summed E-state index contributed by atoms with van der Waals surface area (Å²) in [5.41, 5.74) is 0. The quantitative estimate of drug-likeness (QED) is 0.527. The summed E-state index contributed by atoms with van der Waals surface area (Å²) in [6.45, 7) is 4.62. The summed E-state index contributed by atoms with van der Waals surface area (Å²) >= 11 is 0. The van der Waals surface area contributed by atoms with Crippen LogP contribution in [0.3, 0.4) is 0 Å². The molecule has 54 valence electrons. The Kier molecular flexibility index (Phi) is 2.49. The average molecular weight is 128 g/mol. The molecule has 0 aromatic carbocycles. The summed E-state index contributed by atoms with van der Waals surface area (Å²) in [4.78, 5) is 0. The highest BCUT2D eigenvalue weighted by Gasteiger charge is 2.15. The predicted molar refractivity (Wildman–Crippen MR) is 39.5 cm³/mol. The van der Waals surface area contributed by atoms with Crippen molar-refractivity contribution in [1.82, 2.24) is 10.6 Å². The van der Waals surface area contributed by atoms with Gasteiger partial charge in [-0.3, -0.25) is 0 Å². The van der Waals surface area contributed by atoms with Gasteiger partial charge in [0.05, 0.1) is 0 Å². The molecule has 1 aliphatic rings. The molecule has 2 N–H and O–H groups in total. The summed E-state index contributed by atoms with van der Waals surface area (Å²) in [6.07, 6.45) is 1.32. The molecule has 9 heavy (non-hydrogen) atoms. The van der Waals surface area contributed by atoms with Crippen molar-refractivity contribution in [1.29, 1.82) is 0 Å². The summed E-state index contributed by atoms with van der Waals surface area (Å²) in [6, 6.07) is 0.703. The van der Waals surface area contributed by atoms with E-state index in [-0.39, 0.29) is 0 Å². The van der Waals surface area contributed by atoms with E-state index in [2.05, 4.69) is 17.6 Å². The SMILES string of the molecule is CN[C@H]1CNC[C@H](C)C1. The van der Waals surface area contributed by atoms with E-state index in [9.17, 15) is 0 Å². The standard InChI is InChI=1S/C7H16N2/c1-6-3-7(8-2)5-9-4-6/h6-9H,3-5H2,1-2H3/t6-,7-/m1/s1. The fraction of sp³-hybridized carbons (Fsp3) is 1.00. The number of rotatable bonds is 1. The number of likely N-dealkylation sites (N-methyl/N-ethyl adjacent to an activating group) is 1. The molecule has 0 unspecified atom stereocenters. The molecule has 0 saturated carbocycles. The van der Waals surface area contributed by atoms with Gasteiger partial charge in [0.25, 0.3) is 0 Å². The van der Waals surface area contributed by atoms with E-state index >= 15 is 0 Å². The lowest BCUT2D eigenvalue weighted by molar-refractivity contribution is 0.333. The minimum atomic E-state index is 0.703. The van der Waals surface area contributed by atoms with E-state index in [0.717, 1.165) is 12.5 Å². The first-order chi connectivity index (χ1) is 4.33. The first-order valence-electron chi connectivity index (χ1n) is 3.71. The molecule has 1 rings (SSSR count). The zero-order valence-electron chi connectivity index (χ0n) is 6.28. The molecule has 0 aromatic heterocycles. The van der Waals surface area contributed by atoms with Gasteiger partial charge in [-0.1, -0.05) is 6.92 Å². The maximum atomic E-state index is 3.37. The van der Waals surface area contributed by atoms with Crippen LogP contribution >= 0.6 is 0 Å². The average Bonchev–Trinajstić information content (AvgIpc) is 1.88. The molecule has 1 heterocycles. The molecule has 2 nitrogen and oxygen atoms in total. The lowest BCUT2D eigenvalue weighted by Crippen LogP contribution is -2.44. The van der Waals surface area contributed by atoms with Gasteiger partial charge in [0.1, 0.15) is 0 Å². The normalized spacial score (nSPS) is 36.7. The Hall–Kier alpha value is -0.0800. The number of hydrogen-bond donors (Lipinski definition) is 2. The third kappa shape index (κ3) is 1.95. The third-order valence-electron chi connectivity index (χ3n) is 1.98. The Morgan fingerprint density at radius 3 is 2.67 bits per heavy atom. The monoisotopic (exact) mass is 128 g/mol. The van der Waals surface area contributed by atoms with Crippen LogP contribution in [-0.4, -0.2) is 26.2 Å². The van der Waals surface area contributed by atoms with Crippen LogP contribution in [0.5, 0.6) is 0 Å². The van der Waals surface area contributed by atoms with Crippen molar-refractivity contribution < 1.29 is 0 Å². The van der Waals surface area contributed by atoms with Crippen LogP contribution in [0.15, 0.2) is 0 Å². The topological polar surface area (TPSA) is 24.1 Å². The Bertz CT molecular complexity index is 83.0. The van der Waals surface area contributed by atoms with Crippen LogP contribution in [0.1, 0.15) is 13.3 Å². The van der Waals surface area contributed by atoms with Crippen LogP contribution in [0.2, 0.25) is 0 Å². The van der Waals surface area contributed by atoms with E-state index in [1.165, 1.54) is 13.0 Å². The van der Waals surface area contributed by atoms with Gasteiger partial charge in [0.2, 0.25) is 0 Å². The Morgan fingerprint density at radius 2 is 2.22 bits per heavy atom. The van der Waals surface area contributed by atoms with E-state index in [1.54, 1.807) is 0 Å². The van der Waals surface area contributed by atoms with Crippen molar-refractivity contribution in [3.8, 4) is 0 Å². The molecule has 1 aliphatic heterocycles. The molecular formula is C7H16N2. The molecule has 0 spiro atoms. The lowest BCUT2D eigenvalue weighted by atomic mass is 9.98. The van der Waals surface area contributed by atoms with Crippen LogP contribution in [0, 0.1) is 5.92 Å². The predicted octanol–water partition coefficient (Wildman–Crippen LogP) is 0.204. The van der Waals surface area contributed by atoms with Gasteiger partial charge in [0, 0.05) is 12.6 Å². The Balaban J connectivity index is 2.23. The minimum absolute atomic E-state index is 0.703. The number of piperidine rings is 1. The molecule has 2 atom stereocenters. The summed E-state index contributed by atoms with van der Waals surface area (Å²) in [5, 5.41) is 6.64. The molecule has 0 radical (unpaired) electrons. The van der Waals surface area contributed by atoms with Crippen molar-refractivity contribution in [2.75, 3.05) is 20.1 Å². The van der Waals surface area contributed by atoms with E-state index < -0.39 is 0 Å². The van der Waals surface area contributed by atoms with E-state index in [1.807, 2.05) is 7.05 Å². The first kappa shape index (κ1) is 7.03.